The molecule has 5 nitrogen and oxygen atoms in total. The predicted molar refractivity (Wildman–Crippen MR) is 91.8 cm³/mol. The van der Waals surface area contributed by atoms with Crippen molar-refractivity contribution in [1.29, 1.82) is 0 Å². The Labute approximate surface area is 135 Å². The molecule has 0 bridgehead atoms. The third-order valence-electron chi connectivity index (χ3n) is 3.15. The van der Waals surface area contributed by atoms with Gasteiger partial charge in [0.15, 0.2) is 9.84 Å². The zero-order chi connectivity index (χ0) is 15.2. The van der Waals surface area contributed by atoms with E-state index in [0.717, 1.165) is 9.13 Å². The summed E-state index contributed by atoms with van der Waals surface area (Å²) in [7, 11) is -3.33. The number of fused-ring (bicyclic) bond motifs is 1. The van der Waals surface area contributed by atoms with Crippen LogP contribution in [-0.2, 0) is 9.84 Å². The van der Waals surface area contributed by atoms with Crippen molar-refractivity contribution in [3.05, 3.63) is 40.0 Å². The number of anilines is 1. The summed E-state index contributed by atoms with van der Waals surface area (Å²) in [6.45, 7) is 0. The van der Waals surface area contributed by atoms with E-state index < -0.39 is 9.84 Å². The Morgan fingerprint density at radius 2 is 2.00 bits per heavy atom. The van der Waals surface area contributed by atoms with Crippen LogP contribution >= 0.6 is 22.6 Å². The summed E-state index contributed by atoms with van der Waals surface area (Å²) >= 11 is 2.19. The number of nitrogens with two attached hydrogens (primary N) is 1. The number of sulfone groups is 1. The van der Waals surface area contributed by atoms with Crippen molar-refractivity contribution in [2.75, 3.05) is 12.0 Å². The lowest BCUT2D eigenvalue weighted by Gasteiger charge is -2.02. The monoisotopic (exact) mass is 413 g/mol. The van der Waals surface area contributed by atoms with E-state index in [-0.39, 0.29) is 4.90 Å². The molecule has 0 unspecified atom stereocenters. The largest absolute Gasteiger partial charge is 0.398 e. The lowest BCUT2D eigenvalue weighted by Crippen LogP contribution is -1.97. The maximum absolute atomic E-state index is 11.8. The summed E-state index contributed by atoms with van der Waals surface area (Å²) in [6, 6.07) is 10.7. The molecule has 3 N–H and O–H groups in total. The number of halogens is 1. The third-order valence-corrected chi connectivity index (χ3v) is 4.94. The highest BCUT2D eigenvalue weighted by molar-refractivity contribution is 14.1. The average Bonchev–Trinajstić information content (AvgIpc) is 2.83. The number of aromatic amines is 1. The van der Waals surface area contributed by atoms with E-state index in [0.29, 0.717) is 22.5 Å². The fourth-order valence-corrected chi connectivity index (χ4v) is 3.49. The van der Waals surface area contributed by atoms with Crippen LogP contribution in [0.5, 0.6) is 0 Å². The first-order chi connectivity index (χ1) is 9.86. The lowest BCUT2D eigenvalue weighted by molar-refractivity contribution is 0.602. The minimum atomic E-state index is -3.33. The number of H-pyrrole nitrogens is 1. The molecule has 0 radical (unpaired) electrons. The number of rotatable bonds is 2. The van der Waals surface area contributed by atoms with Crippen LogP contribution in [0.15, 0.2) is 41.3 Å². The first-order valence-corrected chi connectivity index (χ1v) is 9.07. The molecule has 1 heterocycles. The highest BCUT2D eigenvalue weighted by atomic mass is 127. The second kappa shape index (κ2) is 4.99. The van der Waals surface area contributed by atoms with Gasteiger partial charge in [-0.3, -0.25) is 0 Å². The van der Waals surface area contributed by atoms with Gasteiger partial charge in [0.1, 0.15) is 11.3 Å². The summed E-state index contributed by atoms with van der Waals surface area (Å²) in [5.41, 5.74) is 8.45. The molecular formula is C14H12IN3O2S. The zero-order valence-electron chi connectivity index (χ0n) is 11.1. The lowest BCUT2D eigenvalue weighted by atomic mass is 10.2. The highest BCUT2D eigenvalue weighted by Gasteiger charge is 2.16. The van der Waals surface area contributed by atoms with Crippen LogP contribution in [0.2, 0.25) is 0 Å². The number of para-hydroxylation sites is 1. The molecule has 0 atom stereocenters. The van der Waals surface area contributed by atoms with Gasteiger partial charge in [-0.2, -0.15) is 0 Å². The standard InChI is InChI=1S/C14H12IN3O2S/c1-21(19,20)12-4-2-3-11-13(12)18-14(17-11)9-7-8(15)5-6-10(9)16/h2-7H,16H2,1H3,(H,17,18). The molecule has 0 fully saturated rings. The van der Waals surface area contributed by atoms with Gasteiger partial charge in [-0.25, -0.2) is 13.4 Å². The fourth-order valence-electron chi connectivity index (χ4n) is 2.17. The van der Waals surface area contributed by atoms with E-state index in [1.807, 2.05) is 18.2 Å². The minimum Gasteiger partial charge on any atom is -0.398 e. The summed E-state index contributed by atoms with van der Waals surface area (Å²) in [4.78, 5) is 7.78. The zero-order valence-corrected chi connectivity index (χ0v) is 14.1. The van der Waals surface area contributed by atoms with Crippen LogP contribution in [0.1, 0.15) is 0 Å². The predicted octanol–water partition coefficient (Wildman–Crippen LogP) is 2.82. The fraction of sp³-hybridized carbons (Fsp3) is 0.0714. The van der Waals surface area contributed by atoms with Crippen molar-refractivity contribution in [1.82, 2.24) is 9.97 Å². The molecular weight excluding hydrogens is 401 g/mol. The number of nitrogen functional groups attached to an aromatic ring is 1. The van der Waals surface area contributed by atoms with Crippen LogP contribution in [0.3, 0.4) is 0 Å². The first-order valence-electron chi connectivity index (χ1n) is 6.10. The molecule has 0 aliphatic rings. The van der Waals surface area contributed by atoms with E-state index >= 15 is 0 Å². The number of nitrogens with zero attached hydrogens (tertiary/aromatic N) is 1. The summed E-state index contributed by atoms with van der Waals surface area (Å²) in [5, 5.41) is 0. The van der Waals surface area contributed by atoms with Crippen LogP contribution < -0.4 is 5.73 Å². The number of benzene rings is 2. The van der Waals surface area contributed by atoms with Gasteiger partial charge in [0.25, 0.3) is 0 Å². The Morgan fingerprint density at radius 1 is 1.24 bits per heavy atom. The van der Waals surface area contributed by atoms with Crippen LogP contribution in [0, 0.1) is 3.57 Å². The topological polar surface area (TPSA) is 88.8 Å². The number of hydrogen-bond acceptors (Lipinski definition) is 4. The van der Waals surface area contributed by atoms with Crippen molar-refractivity contribution >= 4 is 49.1 Å². The van der Waals surface area contributed by atoms with E-state index in [4.69, 9.17) is 5.73 Å². The number of imidazole rings is 1. The second-order valence-corrected chi connectivity index (χ2v) is 7.97. The third kappa shape index (κ3) is 2.62. The van der Waals surface area contributed by atoms with E-state index in [1.54, 1.807) is 18.2 Å². The Hall–Kier alpha value is -1.61. The van der Waals surface area contributed by atoms with Gasteiger partial charge in [-0.1, -0.05) is 6.07 Å². The van der Waals surface area contributed by atoms with Crippen molar-refractivity contribution in [3.8, 4) is 11.4 Å². The average molecular weight is 413 g/mol. The molecule has 2 aromatic carbocycles. The van der Waals surface area contributed by atoms with Gasteiger partial charge in [-0.15, -0.1) is 0 Å². The minimum absolute atomic E-state index is 0.215. The summed E-state index contributed by atoms with van der Waals surface area (Å²) in [6.07, 6.45) is 1.18. The Balaban J connectivity index is 2.30. The molecule has 0 aliphatic carbocycles. The smallest absolute Gasteiger partial charge is 0.177 e. The van der Waals surface area contributed by atoms with E-state index in [1.165, 1.54) is 6.26 Å². The van der Waals surface area contributed by atoms with E-state index in [9.17, 15) is 8.42 Å². The summed E-state index contributed by atoms with van der Waals surface area (Å²) < 4.78 is 24.7. The maximum atomic E-state index is 11.8. The van der Waals surface area contributed by atoms with Gasteiger partial charge in [0, 0.05) is 21.1 Å². The molecule has 3 aromatic rings. The Morgan fingerprint density at radius 3 is 2.71 bits per heavy atom. The van der Waals surface area contributed by atoms with Gasteiger partial charge in [0.2, 0.25) is 0 Å². The molecule has 7 heteroatoms. The van der Waals surface area contributed by atoms with E-state index in [2.05, 4.69) is 32.6 Å². The molecule has 108 valence electrons. The molecule has 0 spiro atoms. The number of aromatic nitrogens is 2. The van der Waals surface area contributed by atoms with Gasteiger partial charge >= 0.3 is 0 Å². The SMILES string of the molecule is CS(=O)(=O)c1cccc2[nH]c(-c3cc(I)ccc3N)nc12. The van der Waals surface area contributed by atoms with Gasteiger partial charge in [0.05, 0.1) is 10.4 Å². The normalized spacial score (nSPS) is 11.9. The van der Waals surface area contributed by atoms with Crippen LogP contribution in [-0.4, -0.2) is 24.6 Å². The second-order valence-electron chi connectivity index (χ2n) is 4.74. The van der Waals surface area contributed by atoms with Crippen LogP contribution in [0.25, 0.3) is 22.4 Å². The molecule has 0 amide bonds. The van der Waals surface area contributed by atoms with Crippen LogP contribution in [0.4, 0.5) is 5.69 Å². The quantitative estimate of drug-likeness (QED) is 0.500. The van der Waals surface area contributed by atoms with Gasteiger partial charge < -0.3 is 10.7 Å². The van der Waals surface area contributed by atoms with Crippen molar-refractivity contribution in [3.63, 3.8) is 0 Å². The Kier molecular flexibility index (Phi) is 3.40. The highest BCUT2D eigenvalue weighted by Crippen LogP contribution is 2.29. The van der Waals surface area contributed by atoms with Crippen molar-refractivity contribution < 1.29 is 8.42 Å². The molecule has 1 aromatic heterocycles. The molecule has 0 saturated carbocycles. The first kappa shape index (κ1) is 14.3. The van der Waals surface area contributed by atoms with Gasteiger partial charge in [-0.05, 0) is 52.9 Å². The molecule has 3 rings (SSSR count). The maximum Gasteiger partial charge on any atom is 0.177 e. The number of nitrogens with one attached hydrogen (secondary N) is 1. The molecule has 0 aliphatic heterocycles. The van der Waals surface area contributed by atoms with Crippen molar-refractivity contribution in [2.45, 2.75) is 4.90 Å². The Bertz CT molecular complexity index is 948. The number of hydrogen-bond donors (Lipinski definition) is 2. The van der Waals surface area contributed by atoms with Crippen molar-refractivity contribution in [2.24, 2.45) is 0 Å². The summed E-state index contributed by atoms with van der Waals surface area (Å²) in [5.74, 6) is 0.567. The molecule has 0 saturated heterocycles. The molecule has 21 heavy (non-hydrogen) atoms.